The lowest BCUT2D eigenvalue weighted by atomic mass is 9.94. The molecule has 3 aromatic heterocycles. The number of hydrogen-bond acceptors (Lipinski definition) is 10. The van der Waals surface area contributed by atoms with Crippen molar-refractivity contribution in [2.75, 3.05) is 43.9 Å². The molecule has 3 aliphatic heterocycles. The molecule has 9 nitrogen and oxygen atoms in total. The Hall–Kier alpha value is -3.50. The normalized spacial score (nSPS) is 17.8. The van der Waals surface area contributed by atoms with Gasteiger partial charge in [-0.25, -0.2) is 18.7 Å². The number of nitrogen functional groups attached to an aromatic ring is 1. The first kappa shape index (κ1) is 27.7. The van der Waals surface area contributed by atoms with Gasteiger partial charge in [0.05, 0.1) is 41.5 Å². The number of anilines is 2. The van der Waals surface area contributed by atoms with Crippen LogP contribution in [0.2, 0.25) is 0 Å². The minimum atomic E-state index is -0.606. The van der Waals surface area contributed by atoms with Crippen LogP contribution in [-0.4, -0.2) is 65.3 Å². The Labute approximate surface area is 240 Å². The fourth-order valence-corrected chi connectivity index (χ4v) is 6.96. The summed E-state index contributed by atoms with van der Waals surface area (Å²) in [7, 11) is 1.75. The largest absolute Gasteiger partial charge is 0.389 e. The van der Waals surface area contributed by atoms with Crippen molar-refractivity contribution in [1.82, 2.24) is 19.9 Å². The summed E-state index contributed by atoms with van der Waals surface area (Å²) < 4.78 is 42.5. The number of halogens is 2. The average molecular weight is 580 g/mol. The molecule has 0 radical (unpaired) electrons. The zero-order valence-electron chi connectivity index (χ0n) is 23.2. The van der Waals surface area contributed by atoms with Crippen LogP contribution in [0.25, 0.3) is 32.2 Å². The maximum atomic E-state index is 16.5. The molecule has 0 unspecified atom stereocenters. The summed E-state index contributed by atoms with van der Waals surface area (Å²) in [5.41, 5.74) is 8.00. The van der Waals surface area contributed by atoms with Gasteiger partial charge in [0, 0.05) is 61.9 Å². The molecule has 1 aromatic carbocycles. The molecule has 0 aliphatic carbocycles. The molecule has 0 amide bonds. The van der Waals surface area contributed by atoms with Crippen LogP contribution in [0.3, 0.4) is 0 Å². The van der Waals surface area contributed by atoms with Crippen LogP contribution in [-0.2, 0) is 22.7 Å². The number of aromatic nitrogens is 3. The van der Waals surface area contributed by atoms with Gasteiger partial charge in [-0.3, -0.25) is 9.88 Å². The van der Waals surface area contributed by atoms with Crippen molar-refractivity contribution in [3.8, 4) is 17.3 Å². The van der Waals surface area contributed by atoms with Crippen molar-refractivity contribution in [3.05, 3.63) is 40.7 Å². The van der Waals surface area contributed by atoms with Gasteiger partial charge in [0.2, 0.25) is 5.95 Å². The van der Waals surface area contributed by atoms with E-state index in [4.69, 9.17) is 20.2 Å². The maximum absolute atomic E-state index is 16.5. The first-order chi connectivity index (χ1) is 20.0. The summed E-state index contributed by atoms with van der Waals surface area (Å²) in [6.45, 7) is 7.90. The predicted molar refractivity (Wildman–Crippen MR) is 155 cm³/mol. The van der Waals surface area contributed by atoms with Gasteiger partial charge in [-0.1, -0.05) is 13.8 Å². The Morgan fingerprint density at radius 2 is 1.85 bits per heavy atom. The number of nitriles is 1. The summed E-state index contributed by atoms with van der Waals surface area (Å²) in [5, 5.41) is 10.7. The zero-order chi connectivity index (χ0) is 28.8. The molecule has 41 heavy (non-hydrogen) atoms. The number of likely N-dealkylation sites (tertiary alicyclic amines) is 1. The van der Waals surface area contributed by atoms with Crippen molar-refractivity contribution < 1.29 is 18.3 Å². The third-order valence-electron chi connectivity index (χ3n) is 8.21. The van der Waals surface area contributed by atoms with Gasteiger partial charge in [-0.05, 0) is 24.0 Å². The predicted octanol–water partition coefficient (Wildman–Crippen LogP) is 4.99. The highest BCUT2D eigenvalue weighted by atomic mass is 32.1. The lowest BCUT2D eigenvalue weighted by Crippen LogP contribution is -2.58. The fourth-order valence-electron chi connectivity index (χ4n) is 6.04. The molecule has 3 aliphatic rings. The number of benzene rings is 1. The molecular weight excluding hydrogens is 548 g/mol. The van der Waals surface area contributed by atoms with Crippen molar-refractivity contribution in [2.24, 2.45) is 0 Å². The molecule has 4 aromatic rings. The van der Waals surface area contributed by atoms with E-state index >= 15 is 4.39 Å². The molecule has 6 heterocycles. The van der Waals surface area contributed by atoms with Gasteiger partial charge in [0.15, 0.2) is 11.6 Å². The second-order valence-corrected chi connectivity index (χ2v) is 11.3. The highest BCUT2D eigenvalue weighted by Crippen LogP contribution is 2.45. The third kappa shape index (κ3) is 4.48. The Morgan fingerprint density at radius 3 is 2.56 bits per heavy atom. The van der Waals surface area contributed by atoms with E-state index < -0.39 is 11.6 Å². The highest BCUT2D eigenvalue weighted by molar-refractivity contribution is 7.23. The molecule has 7 rings (SSSR count). The van der Waals surface area contributed by atoms with Crippen molar-refractivity contribution in [1.29, 1.82) is 5.26 Å². The second-order valence-electron chi connectivity index (χ2n) is 10.2. The van der Waals surface area contributed by atoms with Crippen LogP contribution >= 0.6 is 11.3 Å². The molecule has 2 N–H and O–H groups in total. The number of pyridine rings is 1. The van der Waals surface area contributed by atoms with Crippen LogP contribution in [0.15, 0.2) is 12.4 Å². The van der Waals surface area contributed by atoms with E-state index in [1.165, 1.54) is 0 Å². The number of fused-ring (bicyclic) bond motifs is 4. The topological polar surface area (TPSA) is 113 Å². The van der Waals surface area contributed by atoms with E-state index in [0.29, 0.717) is 29.0 Å². The van der Waals surface area contributed by atoms with Gasteiger partial charge in [-0.2, -0.15) is 5.26 Å². The molecule has 2 fully saturated rings. The molecule has 0 saturated carbocycles. The van der Waals surface area contributed by atoms with Crippen molar-refractivity contribution >= 4 is 43.3 Å². The van der Waals surface area contributed by atoms with Crippen molar-refractivity contribution in [3.63, 3.8) is 0 Å². The number of ether oxygens (including phenoxy) is 2. The Morgan fingerprint density at radius 1 is 1.12 bits per heavy atom. The van der Waals surface area contributed by atoms with Gasteiger partial charge in [-0.15, -0.1) is 11.3 Å². The average Bonchev–Trinajstić information content (AvgIpc) is 3.60. The maximum Gasteiger partial charge on any atom is 0.225 e. The van der Waals surface area contributed by atoms with E-state index in [2.05, 4.69) is 19.8 Å². The summed E-state index contributed by atoms with van der Waals surface area (Å²) in [6, 6.07) is 2.54. The van der Waals surface area contributed by atoms with Gasteiger partial charge < -0.3 is 20.1 Å². The molecule has 0 spiro atoms. The molecule has 12 heteroatoms. The summed E-state index contributed by atoms with van der Waals surface area (Å²) in [5.74, 6) is -0.726. The van der Waals surface area contributed by atoms with E-state index in [1.54, 1.807) is 13.3 Å². The van der Waals surface area contributed by atoms with Crippen LogP contribution in [0, 0.1) is 23.0 Å². The number of rotatable bonds is 4. The Kier molecular flexibility index (Phi) is 7.46. The van der Waals surface area contributed by atoms with Gasteiger partial charge in [0.1, 0.15) is 16.6 Å². The summed E-state index contributed by atoms with van der Waals surface area (Å²) in [4.78, 5) is 18.1. The quantitative estimate of drug-likeness (QED) is 0.357. The third-order valence-corrected chi connectivity index (χ3v) is 9.23. The van der Waals surface area contributed by atoms with Crippen molar-refractivity contribution in [2.45, 2.75) is 52.0 Å². The van der Waals surface area contributed by atoms with Crippen LogP contribution in [0.5, 0.6) is 0 Å². The number of nitrogens with two attached hydrogens (primary N) is 1. The first-order valence-electron chi connectivity index (χ1n) is 13.8. The monoisotopic (exact) mass is 579 g/mol. The molecular formula is C29H31F2N7O2S. The molecule has 0 bridgehead atoms. The molecule has 2 saturated heterocycles. The minimum Gasteiger partial charge on any atom is -0.389 e. The summed E-state index contributed by atoms with van der Waals surface area (Å²) >= 11 is 0.956. The van der Waals surface area contributed by atoms with Gasteiger partial charge in [0.25, 0.3) is 0 Å². The minimum absolute atomic E-state index is 0.0921. The second kappa shape index (κ2) is 11.1. The lowest BCUT2D eigenvalue weighted by molar-refractivity contribution is -0.0547. The number of thiophene rings is 1. The van der Waals surface area contributed by atoms with E-state index in [1.807, 2.05) is 19.9 Å². The first-order valence-corrected chi connectivity index (χ1v) is 14.7. The van der Waals surface area contributed by atoms with Crippen LogP contribution in [0.4, 0.5) is 19.7 Å². The number of hydrogen-bond donors (Lipinski definition) is 1. The van der Waals surface area contributed by atoms with E-state index in [9.17, 15) is 9.65 Å². The van der Waals surface area contributed by atoms with E-state index in [-0.39, 0.29) is 50.6 Å². The number of nitrogens with zero attached hydrogens (tertiary/aromatic N) is 6. The smallest absolute Gasteiger partial charge is 0.225 e. The molecule has 0 atom stereocenters. The molecule has 214 valence electrons. The van der Waals surface area contributed by atoms with Crippen LogP contribution in [0.1, 0.15) is 43.4 Å². The zero-order valence-corrected chi connectivity index (χ0v) is 24.0. The standard InChI is InChI=1S/C27H25F2N7O2S.C2H6/c1-37-14-9-36(10-14)13-2-4-35(5-3-13)27-33-7-16-17-11-38-12-18(17)20(22(29)23(16)34-27)24-21-15(6-30)26(31)39-25(21)19(28)8-32-24;1-2/h7-8,13-14H,2-5,9-12,31H2,1H3;1-2H3. The van der Waals surface area contributed by atoms with Crippen LogP contribution < -0.4 is 10.6 Å². The van der Waals surface area contributed by atoms with Gasteiger partial charge >= 0.3 is 0 Å². The lowest BCUT2D eigenvalue weighted by Gasteiger charge is -2.46. The fraction of sp³-hybridized carbons (Fsp3) is 0.448. The Bertz CT molecular complexity index is 1670. The highest BCUT2D eigenvalue weighted by Gasteiger charge is 2.35. The Balaban J connectivity index is 0.00000148. The van der Waals surface area contributed by atoms with E-state index in [0.717, 1.165) is 62.1 Å². The number of piperidine rings is 1. The summed E-state index contributed by atoms with van der Waals surface area (Å²) in [6.07, 6.45) is 4.97. The number of methoxy groups -OCH3 is 1. The SMILES string of the molecule is CC.COC1CN(C2CCN(c3ncc4c5c(c(-c6ncc(F)c7sc(N)c(C#N)c67)c(F)c4n3)COC5)CC2)C1.